The molecule has 0 aliphatic carbocycles. The van der Waals surface area contributed by atoms with E-state index in [9.17, 15) is 9.59 Å². The number of urea groups is 1. The van der Waals surface area contributed by atoms with Crippen LogP contribution in [0.25, 0.3) is 0 Å². The van der Waals surface area contributed by atoms with E-state index in [0.29, 0.717) is 18.8 Å². The number of piperidine rings is 1. The monoisotopic (exact) mass is 290 g/mol. The van der Waals surface area contributed by atoms with Gasteiger partial charge in [-0.25, -0.2) is 4.79 Å². The van der Waals surface area contributed by atoms with Crippen LogP contribution in [0.4, 0.5) is 4.79 Å². The molecule has 1 aromatic rings. The van der Waals surface area contributed by atoms with Crippen molar-refractivity contribution in [3.8, 4) is 0 Å². The SMILES string of the molecule is CNC(=O)NC1CCN(C(=O)c2ncc(C)cc2C)CC1. The molecule has 1 aliphatic heterocycles. The highest BCUT2D eigenvalue weighted by Crippen LogP contribution is 2.15. The molecule has 2 rings (SSSR count). The number of hydrogen-bond acceptors (Lipinski definition) is 3. The third-order valence-corrected chi connectivity index (χ3v) is 3.76. The summed E-state index contributed by atoms with van der Waals surface area (Å²) in [4.78, 5) is 29.8. The summed E-state index contributed by atoms with van der Waals surface area (Å²) in [5.41, 5.74) is 2.49. The predicted octanol–water partition coefficient (Wildman–Crippen LogP) is 1.23. The Bertz CT molecular complexity index is 536. The lowest BCUT2D eigenvalue weighted by atomic mass is 10.0. The molecule has 0 spiro atoms. The zero-order chi connectivity index (χ0) is 15.4. The van der Waals surface area contributed by atoms with Gasteiger partial charge in [0, 0.05) is 32.4 Å². The number of likely N-dealkylation sites (tertiary alicyclic amines) is 1. The van der Waals surface area contributed by atoms with Crippen LogP contribution in [0, 0.1) is 13.8 Å². The summed E-state index contributed by atoms with van der Waals surface area (Å²) in [5, 5.41) is 5.43. The van der Waals surface area contributed by atoms with Crippen LogP contribution in [0.1, 0.15) is 34.5 Å². The Kier molecular flexibility index (Phi) is 4.77. The first-order chi connectivity index (χ1) is 10.0. The molecular formula is C15H22N4O2. The number of nitrogens with zero attached hydrogens (tertiary/aromatic N) is 2. The van der Waals surface area contributed by atoms with E-state index >= 15 is 0 Å². The van der Waals surface area contributed by atoms with Crippen molar-refractivity contribution in [1.29, 1.82) is 0 Å². The van der Waals surface area contributed by atoms with Crippen LogP contribution >= 0.6 is 0 Å². The Morgan fingerprint density at radius 1 is 1.29 bits per heavy atom. The zero-order valence-electron chi connectivity index (χ0n) is 12.8. The number of nitrogens with one attached hydrogen (secondary N) is 2. The number of aryl methyl sites for hydroxylation is 2. The quantitative estimate of drug-likeness (QED) is 0.860. The number of amides is 3. The van der Waals surface area contributed by atoms with Crippen LogP contribution < -0.4 is 10.6 Å². The predicted molar refractivity (Wildman–Crippen MR) is 80.2 cm³/mol. The van der Waals surface area contributed by atoms with E-state index in [0.717, 1.165) is 24.0 Å². The van der Waals surface area contributed by atoms with Crippen LogP contribution in [0.15, 0.2) is 12.3 Å². The maximum atomic E-state index is 12.5. The molecule has 2 N–H and O–H groups in total. The molecule has 6 nitrogen and oxygen atoms in total. The van der Waals surface area contributed by atoms with Gasteiger partial charge in [-0.05, 0) is 37.8 Å². The Labute approximate surface area is 124 Å². The lowest BCUT2D eigenvalue weighted by molar-refractivity contribution is 0.0701. The van der Waals surface area contributed by atoms with Crippen molar-refractivity contribution in [2.75, 3.05) is 20.1 Å². The number of hydrogen-bond donors (Lipinski definition) is 2. The van der Waals surface area contributed by atoms with Gasteiger partial charge in [0.05, 0.1) is 0 Å². The molecule has 1 aromatic heterocycles. The van der Waals surface area contributed by atoms with E-state index in [1.165, 1.54) is 0 Å². The molecule has 0 unspecified atom stereocenters. The van der Waals surface area contributed by atoms with Crippen molar-refractivity contribution in [3.05, 3.63) is 29.1 Å². The average Bonchev–Trinajstić information content (AvgIpc) is 2.47. The third-order valence-electron chi connectivity index (χ3n) is 3.76. The molecule has 6 heteroatoms. The van der Waals surface area contributed by atoms with Crippen molar-refractivity contribution in [2.24, 2.45) is 0 Å². The minimum absolute atomic E-state index is 0.0223. The normalized spacial score (nSPS) is 15.7. The highest BCUT2D eigenvalue weighted by Gasteiger charge is 2.25. The fourth-order valence-electron chi connectivity index (χ4n) is 2.57. The smallest absolute Gasteiger partial charge is 0.314 e. The molecule has 0 atom stereocenters. The van der Waals surface area contributed by atoms with Gasteiger partial charge in [-0.3, -0.25) is 9.78 Å². The second-order valence-electron chi connectivity index (χ2n) is 5.47. The molecule has 1 fully saturated rings. The first-order valence-electron chi connectivity index (χ1n) is 7.22. The largest absolute Gasteiger partial charge is 0.341 e. The lowest BCUT2D eigenvalue weighted by Gasteiger charge is -2.32. The second kappa shape index (κ2) is 6.56. The molecule has 3 amide bonds. The minimum atomic E-state index is -0.171. The topological polar surface area (TPSA) is 74.3 Å². The summed E-state index contributed by atoms with van der Waals surface area (Å²) >= 11 is 0. The molecule has 2 heterocycles. The van der Waals surface area contributed by atoms with Gasteiger partial charge in [-0.2, -0.15) is 0 Å². The van der Waals surface area contributed by atoms with E-state index in [-0.39, 0.29) is 18.0 Å². The van der Waals surface area contributed by atoms with Gasteiger partial charge in [-0.1, -0.05) is 6.07 Å². The van der Waals surface area contributed by atoms with Crippen LogP contribution in [0.5, 0.6) is 0 Å². The number of pyridine rings is 1. The van der Waals surface area contributed by atoms with Gasteiger partial charge in [0.1, 0.15) is 5.69 Å². The Morgan fingerprint density at radius 2 is 1.95 bits per heavy atom. The summed E-state index contributed by atoms with van der Waals surface area (Å²) in [5.74, 6) is -0.0223. The molecule has 1 aliphatic rings. The lowest BCUT2D eigenvalue weighted by Crippen LogP contribution is -2.48. The Hall–Kier alpha value is -2.11. The highest BCUT2D eigenvalue weighted by atomic mass is 16.2. The molecular weight excluding hydrogens is 268 g/mol. The molecule has 0 saturated carbocycles. The second-order valence-corrected chi connectivity index (χ2v) is 5.47. The standard InChI is InChI=1S/C15H22N4O2/c1-10-8-11(2)13(17-9-10)14(20)19-6-4-12(5-7-19)18-15(21)16-3/h8-9,12H,4-7H2,1-3H3,(H2,16,18,21). The number of aromatic nitrogens is 1. The zero-order valence-corrected chi connectivity index (χ0v) is 12.8. The van der Waals surface area contributed by atoms with Crippen LogP contribution in [0.2, 0.25) is 0 Å². The van der Waals surface area contributed by atoms with Gasteiger partial charge < -0.3 is 15.5 Å². The number of rotatable bonds is 2. The van der Waals surface area contributed by atoms with Crippen LogP contribution in [0.3, 0.4) is 0 Å². The van der Waals surface area contributed by atoms with Gasteiger partial charge in [-0.15, -0.1) is 0 Å². The van der Waals surface area contributed by atoms with Crippen molar-refractivity contribution in [1.82, 2.24) is 20.5 Å². The molecule has 0 aromatic carbocycles. The Balaban J connectivity index is 1.95. The molecule has 0 radical (unpaired) electrons. The minimum Gasteiger partial charge on any atom is -0.341 e. The molecule has 21 heavy (non-hydrogen) atoms. The van der Waals surface area contributed by atoms with Gasteiger partial charge in [0.2, 0.25) is 0 Å². The van der Waals surface area contributed by atoms with E-state index in [1.807, 2.05) is 24.8 Å². The first-order valence-corrected chi connectivity index (χ1v) is 7.22. The van der Waals surface area contributed by atoms with Crippen molar-refractivity contribution < 1.29 is 9.59 Å². The van der Waals surface area contributed by atoms with E-state index in [1.54, 1.807) is 13.2 Å². The average molecular weight is 290 g/mol. The molecule has 114 valence electrons. The first kappa shape index (κ1) is 15.3. The Morgan fingerprint density at radius 3 is 2.52 bits per heavy atom. The van der Waals surface area contributed by atoms with Gasteiger partial charge in [0.15, 0.2) is 0 Å². The maximum absolute atomic E-state index is 12.5. The van der Waals surface area contributed by atoms with E-state index < -0.39 is 0 Å². The van der Waals surface area contributed by atoms with E-state index in [4.69, 9.17) is 0 Å². The van der Waals surface area contributed by atoms with Crippen LogP contribution in [-0.4, -0.2) is 48.0 Å². The van der Waals surface area contributed by atoms with Crippen molar-refractivity contribution in [2.45, 2.75) is 32.7 Å². The van der Waals surface area contributed by atoms with Crippen molar-refractivity contribution in [3.63, 3.8) is 0 Å². The van der Waals surface area contributed by atoms with E-state index in [2.05, 4.69) is 15.6 Å². The van der Waals surface area contributed by atoms with Crippen molar-refractivity contribution >= 4 is 11.9 Å². The summed E-state index contributed by atoms with van der Waals surface area (Å²) in [7, 11) is 1.60. The highest BCUT2D eigenvalue weighted by molar-refractivity contribution is 5.93. The number of carbonyl (C=O) groups is 2. The van der Waals surface area contributed by atoms with Crippen LogP contribution in [-0.2, 0) is 0 Å². The summed E-state index contributed by atoms with van der Waals surface area (Å²) < 4.78 is 0. The fraction of sp³-hybridized carbons (Fsp3) is 0.533. The summed E-state index contributed by atoms with van der Waals surface area (Å²) in [6.45, 7) is 5.16. The summed E-state index contributed by atoms with van der Waals surface area (Å²) in [6.07, 6.45) is 3.26. The van der Waals surface area contributed by atoms with Gasteiger partial charge >= 0.3 is 6.03 Å². The fourth-order valence-corrected chi connectivity index (χ4v) is 2.57. The molecule has 1 saturated heterocycles. The maximum Gasteiger partial charge on any atom is 0.314 e. The number of carbonyl (C=O) groups excluding carboxylic acids is 2. The third kappa shape index (κ3) is 3.71. The molecule has 0 bridgehead atoms. The van der Waals surface area contributed by atoms with Gasteiger partial charge in [0.25, 0.3) is 5.91 Å². The summed E-state index contributed by atoms with van der Waals surface area (Å²) in [6, 6.07) is 1.93.